The van der Waals surface area contributed by atoms with Crippen molar-refractivity contribution in [1.29, 1.82) is 0 Å². The van der Waals surface area contributed by atoms with Crippen molar-refractivity contribution in [2.45, 2.75) is 42.6 Å². The summed E-state index contributed by atoms with van der Waals surface area (Å²) in [5.74, 6) is -0.858. The fourth-order valence-corrected chi connectivity index (χ4v) is 5.20. The maximum Gasteiger partial charge on any atom is 0.266 e. The van der Waals surface area contributed by atoms with E-state index in [-0.39, 0.29) is 28.6 Å². The predicted molar refractivity (Wildman–Crippen MR) is 113 cm³/mol. The molecule has 2 atom stereocenters. The zero-order valence-electron chi connectivity index (χ0n) is 16.7. The highest BCUT2D eigenvalue weighted by atomic mass is 35.5. The topological polar surface area (TPSA) is 99.0 Å². The number of aryl methyl sites for hydroxylation is 1. The molecule has 0 aliphatic heterocycles. The molecule has 1 aliphatic carbocycles. The molecule has 0 amide bonds. The second-order valence-corrected chi connectivity index (χ2v) is 9.35. The van der Waals surface area contributed by atoms with Crippen molar-refractivity contribution in [1.82, 2.24) is 19.7 Å². The van der Waals surface area contributed by atoms with E-state index < -0.39 is 20.7 Å². The summed E-state index contributed by atoms with van der Waals surface area (Å²) < 4.78 is 50.3. The van der Waals surface area contributed by atoms with Crippen molar-refractivity contribution in [2.75, 3.05) is 4.72 Å². The predicted octanol–water partition coefficient (Wildman–Crippen LogP) is 3.91. The SMILES string of the molecule is Cn1nccc1[C@H]1CCCC[C@@H]1Oc1ccc(S(=O)(=O)Nc2ccncn2)c(F)c1Cl. The quantitative estimate of drug-likeness (QED) is 0.592. The monoisotopic (exact) mass is 465 g/mol. The van der Waals surface area contributed by atoms with Crippen molar-refractivity contribution in [3.8, 4) is 5.75 Å². The molecule has 1 fully saturated rings. The molecular formula is C20H21ClFN5O3S. The van der Waals surface area contributed by atoms with Gasteiger partial charge in [0.25, 0.3) is 10.0 Å². The van der Waals surface area contributed by atoms with Crippen LogP contribution in [0.4, 0.5) is 10.2 Å². The minimum atomic E-state index is -4.24. The molecule has 11 heteroatoms. The maximum absolute atomic E-state index is 15.0. The van der Waals surface area contributed by atoms with Crippen LogP contribution in [0.5, 0.6) is 5.75 Å². The first-order valence-electron chi connectivity index (χ1n) is 9.78. The van der Waals surface area contributed by atoms with Crippen molar-refractivity contribution < 1.29 is 17.5 Å². The van der Waals surface area contributed by atoms with Gasteiger partial charge in [-0.05, 0) is 43.5 Å². The van der Waals surface area contributed by atoms with Gasteiger partial charge in [-0.1, -0.05) is 18.0 Å². The van der Waals surface area contributed by atoms with Gasteiger partial charge in [-0.15, -0.1) is 0 Å². The molecule has 3 aromatic rings. The van der Waals surface area contributed by atoms with Gasteiger partial charge in [-0.25, -0.2) is 22.8 Å². The number of halogens is 2. The van der Waals surface area contributed by atoms with E-state index in [0.29, 0.717) is 0 Å². The summed E-state index contributed by atoms with van der Waals surface area (Å²) in [6, 6.07) is 5.83. The number of nitrogens with one attached hydrogen (secondary N) is 1. The molecular weight excluding hydrogens is 445 g/mol. The summed E-state index contributed by atoms with van der Waals surface area (Å²) in [4.78, 5) is 6.91. The summed E-state index contributed by atoms with van der Waals surface area (Å²) in [5.41, 5.74) is 1.04. The van der Waals surface area contributed by atoms with Crippen molar-refractivity contribution in [2.24, 2.45) is 7.05 Å². The Balaban J connectivity index is 1.59. The Bertz CT molecular complexity index is 1170. The summed E-state index contributed by atoms with van der Waals surface area (Å²) in [6.07, 6.45) is 7.80. The molecule has 0 bridgehead atoms. The lowest BCUT2D eigenvalue weighted by molar-refractivity contribution is 0.126. The Kier molecular flexibility index (Phi) is 6.10. The zero-order chi connectivity index (χ0) is 22.0. The van der Waals surface area contributed by atoms with E-state index >= 15 is 0 Å². The van der Waals surface area contributed by atoms with Gasteiger partial charge in [0.2, 0.25) is 0 Å². The molecule has 2 heterocycles. The molecule has 0 saturated heterocycles. The van der Waals surface area contributed by atoms with Crippen LogP contribution < -0.4 is 9.46 Å². The van der Waals surface area contributed by atoms with Gasteiger partial charge < -0.3 is 4.74 Å². The number of benzene rings is 1. The number of sulfonamides is 1. The normalized spacial score (nSPS) is 19.2. The fraction of sp³-hybridized carbons (Fsp3) is 0.350. The Morgan fingerprint density at radius 1 is 1.19 bits per heavy atom. The lowest BCUT2D eigenvalue weighted by atomic mass is 9.84. The third kappa shape index (κ3) is 4.49. The van der Waals surface area contributed by atoms with Crippen LogP contribution in [0, 0.1) is 5.82 Å². The Hall–Kier alpha value is -2.72. The molecule has 0 radical (unpaired) electrons. The number of hydrogen-bond donors (Lipinski definition) is 1. The minimum absolute atomic E-state index is 0.0204. The van der Waals surface area contributed by atoms with Crippen LogP contribution in [0.15, 0.2) is 47.9 Å². The van der Waals surface area contributed by atoms with Gasteiger partial charge in [-0.3, -0.25) is 9.40 Å². The average Bonchev–Trinajstić information content (AvgIpc) is 3.18. The highest BCUT2D eigenvalue weighted by molar-refractivity contribution is 7.92. The first kappa shape index (κ1) is 21.5. The van der Waals surface area contributed by atoms with Gasteiger partial charge >= 0.3 is 0 Å². The van der Waals surface area contributed by atoms with E-state index in [0.717, 1.165) is 37.4 Å². The summed E-state index contributed by atoms with van der Waals surface area (Å²) in [5, 5.41) is 3.86. The lowest BCUT2D eigenvalue weighted by Gasteiger charge is -2.32. The van der Waals surface area contributed by atoms with Gasteiger partial charge in [0.05, 0.1) is 0 Å². The third-order valence-corrected chi connectivity index (χ3v) is 7.07. The van der Waals surface area contributed by atoms with Crippen LogP contribution in [0.3, 0.4) is 0 Å². The molecule has 1 N–H and O–H groups in total. The zero-order valence-corrected chi connectivity index (χ0v) is 18.3. The fourth-order valence-electron chi connectivity index (χ4n) is 3.84. The van der Waals surface area contributed by atoms with Gasteiger partial charge in [-0.2, -0.15) is 5.10 Å². The Labute approximate surface area is 184 Å². The summed E-state index contributed by atoms with van der Waals surface area (Å²) in [7, 11) is -2.36. The largest absolute Gasteiger partial charge is 0.488 e. The van der Waals surface area contributed by atoms with Crippen LogP contribution in [0.2, 0.25) is 5.02 Å². The smallest absolute Gasteiger partial charge is 0.266 e. The molecule has 2 aromatic heterocycles. The molecule has 1 aliphatic rings. The van der Waals surface area contributed by atoms with E-state index in [2.05, 4.69) is 19.8 Å². The second kappa shape index (κ2) is 8.80. The minimum Gasteiger partial charge on any atom is -0.488 e. The van der Waals surface area contributed by atoms with Gasteiger partial charge in [0.1, 0.15) is 33.9 Å². The number of nitrogens with zero attached hydrogens (tertiary/aromatic N) is 4. The van der Waals surface area contributed by atoms with Crippen molar-refractivity contribution in [3.05, 3.63) is 59.5 Å². The van der Waals surface area contributed by atoms with E-state index in [9.17, 15) is 12.8 Å². The standard InChI is InChI=1S/C20H21ClFN5O3S/c1-27-14(8-11-25-27)13-4-2-3-5-15(13)30-16-6-7-17(20(22)19(16)21)31(28,29)26-18-9-10-23-12-24-18/h6-13,15H,2-5H2,1H3,(H,23,24,26)/t13-,15+/m1/s1. The second-order valence-electron chi connectivity index (χ2n) is 7.32. The summed E-state index contributed by atoms with van der Waals surface area (Å²) in [6.45, 7) is 0. The summed E-state index contributed by atoms with van der Waals surface area (Å²) >= 11 is 6.20. The lowest BCUT2D eigenvalue weighted by Crippen LogP contribution is -2.30. The molecule has 31 heavy (non-hydrogen) atoms. The molecule has 8 nitrogen and oxygen atoms in total. The molecule has 0 unspecified atom stereocenters. The van der Waals surface area contributed by atoms with Crippen LogP contribution >= 0.6 is 11.6 Å². The molecule has 4 rings (SSSR count). The van der Waals surface area contributed by atoms with E-state index in [1.165, 1.54) is 24.7 Å². The van der Waals surface area contributed by atoms with Crippen LogP contribution in [-0.4, -0.2) is 34.3 Å². The van der Waals surface area contributed by atoms with E-state index in [1.807, 2.05) is 17.8 Å². The van der Waals surface area contributed by atoms with Crippen LogP contribution in [0.25, 0.3) is 0 Å². The van der Waals surface area contributed by atoms with Gasteiger partial charge in [0.15, 0.2) is 5.82 Å². The number of rotatable bonds is 6. The Morgan fingerprint density at radius 2 is 2.00 bits per heavy atom. The Morgan fingerprint density at radius 3 is 2.71 bits per heavy atom. The molecule has 164 valence electrons. The van der Waals surface area contributed by atoms with Crippen LogP contribution in [0.1, 0.15) is 37.3 Å². The molecule has 1 aromatic carbocycles. The maximum atomic E-state index is 15.0. The van der Waals surface area contributed by atoms with Crippen LogP contribution in [-0.2, 0) is 17.1 Å². The third-order valence-electron chi connectivity index (χ3n) is 5.34. The van der Waals surface area contributed by atoms with Crippen molar-refractivity contribution >= 4 is 27.4 Å². The molecule has 0 spiro atoms. The number of aromatic nitrogens is 4. The molecule has 1 saturated carbocycles. The number of hydrogen-bond acceptors (Lipinski definition) is 6. The van der Waals surface area contributed by atoms with E-state index in [4.69, 9.17) is 16.3 Å². The highest BCUT2D eigenvalue weighted by Crippen LogP contribution is 2.39. The van der Waals surface area contributed by atoms with Crippen molar-refractivity contribution in [3.63, 3.8) is 0 Å². The van der Waals surface area contributed by atoms with E-state index in [1.54, 1.807) is 6.20 Å². The first-order chi connectivity index (χ1) is 14.9. The van der Waals surface area contributed by atoms with Gasteiger partial charge in [0, 0.05) is 31.1 Å². The first-order valence-corrected chi connectivity index (χ1v) is 11.6. The highest BCUT2D eigenvalue weighted by Gasteiger charge is 2.32. The number of ether oxygens (including phenoxy) is 1. The number of anilines is 1. The average molecular weight is 466 g/mol.